The van der Waals surface area contributed by atoms with Crippen molar-refractivity contribution in [3.05, 3.63) is 65.7 Å². The molecule has 0 aliphatic heterocycles. The number of carboxylic acids is 1. The van der Waals surface area contributed by atoms with Gasteiger partial charge in [0.25, 0.3) is 0 Å². The van der Waals surface area contributed by atoms with Crippen LogP contribution in [0.3, 0.4) is 0 Å². The number of hydrogen-bond donors (Lipinski definition) is 1. The van der Waals surface area contributed by atoms with Gasteiger partial charge in [-0.3, -0.25) is 4.79 Å². The SMILES string of the molecule is C[C@H](C(=O)O)[C@H](c1cccc(OCC2CC2c2ccccc2)c1)C1CC1. The van der Waals surface area contributed by atoms with Gasteiger partial charge in [0.05, 0.1) is 12.5 Å². The molecule has 1 N–H and O–H groups in total. The van der Waals surface area contributed by atoms with Crippen molar-refractivity contribution in [2.75, 3.05) is 6.61 Å². The normalized spacial score (nSPS) is 23.9. The summed E-state index contributed by atoms with van der Waals surface area (Å²) >= 11 is 0. The maximum absolute atomic E-state index is 11.5. The average Bonchev–Trinajstić information content (AvgIpc) is 3.56. The molecule has 4 atom stereocenters. The van der Waals surface area contributed by atoms with Crippen molar-refractivity contribution in [3.8, 4) is 5.75 Å². The van der Waals surface area contributed by atoms with E-state index in [-0.39, 0.29) is 11.8 Å². The predicted octanol–water partition coefficient (Wildman–Crippen LogP) is 5.08. The van der Waals surface area contributed by atoms with Crippen molar-refractivity contribution in [1.82, 2.24) is 0 Å². The molecule has 2 saturated carbocycles. The van der Waals surface area contributed by atoms with Crippen molar-refractivity contribution in [2.45, 2.75) is 38.0 Å². The van der Waals surface area contributed by atoms with E-state index in [1.807, 2.05) is 19.1 Å². The molecule has 136 valence electrons. The van der Waals surface area contributed by atoms with E-state index < -0.39 is 5.97 Å². The highest BCUT2D eigenvalue weighted by molar-refractivity contribution is 5.71. The van der Waals surface area contributed by atoms with E-state index in [2.05, 4.69) is 42.5 Å². The Labute approximate surface area is 155 Å². The summed E-state index contributed by atoms with van der Waals surface area (Å²) in [5.41, 5.74) is 2.51. The molecule has 0 spiro atoms. The van der Waals surface area contributed by atoms with Gasteiger partial charge in [-0.1, -0.05) is 49.4 Å². The van der Waals surface area contributed by atoms with Gasteiger partial charge in [-0.05, 0) is 60.3 Å². The maximum atomic E-state index is 11.5. The molecule has 0 aromatic heterocycles. The van der Waals surface area contributed by atoms with Crippen LogP contribution in [-0.4, -0.2) is 17.7 Å². The van der Waals surface area contributed by atoms with E-state index in [4.69, 9.17) is 4.74 Å². The van der Waals surface area contributed by atoms with Crippen molar-refractivity contribution in [2.24, 2.45) is 17.8 Å². The number of carbonyl (C=O) groups is 1. The lowest BCUT2D eigenvalue weighted by Crippen LogP contribution is -2.20. The molecular formula is C23H26O3. The quantitative estimate of drug-likeness (QED) is 0.722. The number of benzene rings is 2. The fraction of sp³-hybridized carbons (Fsp3) is 0.435. The van der Waals surface area contributed by atoms with E-state index in [1.165, 1.54) is 12.0 Å². The minimum Gasteiger partial charge on any atom is -0.493 e. The molecule has 3 heteroatoms. The number of aliphatic carboxylic acids is 1. The third kappa shape index (κ3) is 3.77. The van der Waals surface area contributed by atoms with Gasteiger partial charge >= 0.3 is 5.97 Å². The first-order valence-electron chi connectivity index (χ1n) is 9.64. The average molecular weight is 350 g/mol. The lowest BCUT2D eigenvalue weighted by molar-refractivity contribution is -0.142. The van der Waals surface area contributed by atoms with Crippen LogP contribution in [0.25, 0.3) is 0 Å². The van der Waals surface area contributed by atoms with Crippen LogP contribution in [-0.2, 0) is 4.79 Å². The molecule has 2 aliphatic carbocycles. The Morgan fingerprint density at radius 3 is 2.62 bits per heavy atom. The van der Waals surface area contributed by atoms with E-state index in [0.717, 1.165) is 30.8 Å². The number of carboxylic acid groups (broad SMARTS) is 1. The first-order valence-corrected chi connectivity index (χ1v) is 9.64. The highest BCUT2D eigenvalue weighted by Crippen LogP contribution is 2.48. The summed E-state index contributed by atoms with van der Waals surface area (Å²) in [7, 11) is 0. The van der Waals surface area contributed by atoms with Gasteiger partial charge in [0, 0.05) is 5.92 Å². The van der Waals surface area contributed by atoms with Crippen molar-refractivity contribution in [1.29, 1.82) is 0 Å². The van der Waals surface area contributed by atoms with E-state index >= 15 is 0 Å². The summed E-state index contributed by atoms with van der Waals surface area (Å²) in [6, 6.07) is 18.7. The van der Waals surface area contributed by atoms with E-state index in [0.29, 0.717) is 17.8 Å². The van der Waals surface area contributed by atoms with Gasteiger partial charge in [0.15, 0.2) is 0 Å². The van der Waals surface area contributed by atoms with Crippen molar-refractivity contribution < 1.29 is 14.6 Å². The largest absolute Gasteiger partial charge is 0.493 e. The van der Waals surface area contributed by atoms with Crippen LogP contribution in [0.5, 0.6) is 5.75 Å². The molecule has 0 radical (unpaired) electrons. The molecule has 2 unspecified atom stereocenters. The third-order valence-electron chi connectivity index (χ3n) is 5.92. The van der Waals surface area contributed by atoms with Crippen molar-refractivity contribution >= 4 is 5.97 Å². The molecule has 0 heterocycles. The second kappa shape index (κ2) is 7.14. The zero-order chi connectivity index (χ0) is 18.1. The van der Waals surface area contributed by atoms with Crippen LogP contribution in [0, 0.1) is 17.8 Å². The lowest BCUT2D eigenvalue weighted by Gasteiger charge is -2.21. The van der Waals surface area contributed by atoms with Gasteiger partial charge in [0.2, 0.25) is 0 Å². The molecule has 0 saturated heterocycles. The van der Waals surface area contributed by atoms with Crippen LogP contribution in [0.1, 0.15) is 49.1 Å². The number of ether oxygens (including phenoxy) is 1. The molecular weight excluding hydrogens is 324 g/mol. The summed E-state index contributed by atoms with van der Waals surface area (Å²) in [6.07, 6.45) is 3.45. The summed E-state index contributed by atoms with van der Waals surface area (Å²) in [4.78, 5) is 11.5. The monoisotopic (exact) mass is 350 g/mol. The third-order valence-corrected chi connectivity index (χ3v) is 5.92. The maximum Gasteiger partial charge on any atom is 0.306 e. The van der Waals surface area contributed by atoms with Gasteiger partial charge < -0.3 is 9.84 Å². The zero-order valence-corrected chi connectivity index (χ0v) is 15.2. The first-order chi connectivity index (χ1) is 12.6. The van der Waals surface area contributed by atoms with Crippen LogP contribution < -0.4 is 4.74 Å². The van der Waals surface area contributed by atoms with E-state index in [1.54, 1.807) is 0 Å². The van der Waals surface area contributed by atoms with E-state index in [9.17, 15) is 9.90 Å². The summed E-state index contributed by atoms with van der Waals surface area (Å²) in [5, 5.41) is 9.45. The zero-order valence-electron chi connectivity index (χ0n) is 15.2. The molecule has 4 rings (SSSR count). The second-order valence-electron chi connectivity index (χ2n) is 7.89. The van der Waals surface area contributed by atoms with Crippen LogP contribution in [0.2, 0.25) is 0 Å². The summed E-state index contributed by atoms with van der Waals surface area (Å²) < 4.78 is 6.07. The summed E-state index contributed by atoms with van der Waals surface area (Å²) in [6.45, 7) is 2.55. The Kier molecular flexibility index (Phi) is 4.71. The second-order valence-corrected chi connectivity index (χ2v) is 7.89. The number of hydrogen-bond acceptors (Lipinski definition) is 2. The van der Waals surface area contributed by atoms with Gasteiger partial charge in [-0.2, -0.15) is 0 Å². The Bertz CT molecular complexity index is 766. The molecule has 26 heavy (non-hydrogen) atoms. The van der Waals surface area contributed by atoms with Gasteiger partial charge in [-0.25, -0.2) is 0 Å². The smallest absolute Gasteiger partial charge is 0.306 e. The van der Waals surface area contributed by atoms with Crippen LogP contribution in [0.4, 0.5) is 0 Å². The Morgan fingerprint density at radius 1 is 1.15 bits per heavy atom. The molecule has 2 aromatic carbocycles. The predicted molar refractivity (Wildman–Crippen MR) is 101 cm³/mol. The molecule has 2 aromatic rings. The molecule has 3 nitrogen and oxygen atoms in total. The standard InChI is InChI=1S/C23H26O3/c1-15(23(24)25)22(17-10-11-17)18-8-5-9-20(12-18)26-14-19-13-21(19)16-6-3-2-4-7-16/h2-9,12,15,17,19,21-22H,10-11,13-14H2,1H3,(H,24,25)/t15-,19?,21?,22-/m0/s1. The first kappa shape index (κ1) is 17.1. The number of rotatable bonds is 8. The lowest BCUT2D eigenvalue weighted by atomic mass is 9.83. The fourth-order valence-electron chi connectivity index (χ4n) is 4.13. The Morgan fingerprint density at radius 2 is 1.92 bits per heavy atom. The highest BCUT2D eigenvalue weighted by Gasteiger charge is 2.40. The van der Waals surface area contributed by atoms with Crippen LogP contribution in [0.15, 0.2) is 54.6 Å². The van der Waals surface area contributed by atoms with Crippen LogP contribution >= 0.6 is 0 Å². The molecule has 2 aliphatic rings. The fourth-order valence-corrected chi connectivity index (χ4v) is 4.13. The van der Waals surface area contributed by atoms with Crippen molar-refractivity contribution in [3.63, 3.8) is 0 Å². The van der Waals surface area contributed by atoms with Gasteiger partial charge in [-0.15, -0.1) is 0 Å². The van der Waals surface area contributed by atoms with Gasteiger partial charge in [0.1, 0.15) is 5.75 Å². The summed E-state index contributed by atoms with van der Waals surface area (Å²) in [5.74, 6) is 1.59. The minimum absolute atomic E-state index is 0.0917. The molecule has 2 fully saturated rings. The highest BCUT2D eigenvalue weighted by atomic mass is 16.5. The topological polar surface area (TPSA) is 46.5 Å². The molecule has 0 amide bonds. The Hall–Kier alpha value is -2.29. The Balaban J connectivity index is 1.39. The minimum atomic E-state index is -0.711. The molecule has 0 bridgehead atoms.